The van der Waals surface area contributed by atoms with E-state index in [2.05, 4.69) is 52.1 Å². The highest BCUT2D eigenvalue weighted by atomic mass is 15.2. The average molecular weight is 200 g/mol. The van der Waals surface area contributed by atoms with Crippen LogP contribution in [0.4, 0.5) is 0 Å². The third-order valence-electron chi connectivity index (χ3n) is 3.68. The molecule has 0 bridgehead atoms. The second kappa shape index (κ2) is 6.41. The van der Waals surface area contributed by atoms with Crippen LogP contribution in [-0.4, -0.2) is 37.6 Å². The van der Waals surface area contributed by atoms with Crippen molar-refractivity contribution in [3.8, 4) is 0 Å². The van der Waals surface area contributed by atoms with E-state index in [0.29, 0.717) is 6.04 Å². The Hall–Kier alpha value is -0.0800. The number of unbranched alkanes of at least 4 members (excludes halogenated alkanes) is 1. The van der Waals surface area contributed by atoms with Crippen LogP contribution >= 0.6 is 0 Å². The van der Waals surface area contributed by atoms with Gasteiger partial charge >= 0.3 is 0 Å². The zero-order chi connectivity index (χ0) is 11.2. The molecule has 0 spiro atoms. The topological polar surface area (TPSA) is 15.3 Å². The first-order chi connectivity index (χ1) is 6.52. The summed E-state index contributed by atoms with van der Waals surface area (Å²) < 4.78 is 0. The summed E-state index contributed by atoms with van der Waals surface area (Å²) in [6.45, 7) is 6.88. The number of hydrogen-bond acceptors (Lipinski definition) is 2. The standard InChI is InChI=1S/C12H28N2/c1-7-9-10-11(13-4)12(3,8-2)14(5)6/h11,13H,7-10H2,1-6H3. The van der Waals surface area contributed by atoms with Crippen molar-refractivity contribution < 1.29 is 0 Å². The number of nitrogens with zero attached hydrogens (tertiary/aromatic N) is 1. The smallest absolute Gasteiger partial charge is 0.0325 e. The molecule has 0 aliphatic heterocycles. The highest BCUT2D eigenvalue weighted by molar-refractivity contribution is 4.93. The normalized spacial score (nSPS) is 18.2. The van der Waals surface area contributed by atoms with Crippen molar-refractivity contribution in [2.24, 2.45) is 0 Å². The van der Waals surface area contributed by atoms with Gasteiger partial charge in [-0.15, -0.1) is 0 Å². The molecule has 2 atom stereocenters. The second-order valence-electron chi connectivity index (χ2n) is 4.59. The van der Waals surface area contributed by atoms with Crippen LogP contribution in [0.15, 0.2) is 0 Å². The molecule has 0 saturated carbocycles. The van der Waals surface area contributed by atoms with E-state index in [-0.39, 0.29) is 5.54 Å². The lowest BCUT2D eigenvalue weighted by molar-refractivity contribution is 0.111. The van der Waals surface area contributed by atoms with Crippen molar-refractivity contribution in [1.82, 2.24) is 10.2 Å². The molecule has 2 unspecified atom stereocenters. The summed E-state index contributed by atoms with van der Waals surface area (Å²) in [7, 11) is 6.44. The van der Waals surface area contributed by atoms with Crippen LogP contribution < -0.4 is 5.32 Å². The van der Waals surface area contributed by atoms with E-state index in [9.17, 15) is 0 Å². The highest BCUT2D eigenvalue weighted by Gasteiger charge is 2.32. The molecule has 0 amide bonds. The Kier molecular flexibility index (Phi) is 6.38. The third kappa shape index (κ3) is 3.25. The van der Waals surface area contributed by atoms with Crippen LogP contribution in [0, 0.1) is 0 Å². The Morgan fingerprint density at radius 3 is 2.14 bits per heavy atom. The van der Waals surface area contributed by atoms with Crippen LogP contribution in [0.25, 0.3) is 0 Å². The van der Waals surface area contributed by atoms with Crippen LogP contribution in [0.1, 0.15) is 46.5 Å². The van der Waals surface area contributed by atoms with E-state index in [0.717, 1.165) is 0 Å². The van der Waals surface area contributed by atoms with E-state index < -0.39 is 0 Å². The van der Waals surface area contributed by atoms with Crippen LogP contribution in [0.3, 0.4) is 0 Å². The summed E-state index contributed by atoms with van der Waals surface area (Å²) in [5.41, 5.74) is 0.282. The molecule has 0 aromatic carbocycles. The number of hydrogen-bond donors (Lipinski definition) is 1. The van der Waals surface area contributed by atoms with Crippen molar-refractivity contribution >= 4 is 0 Å². The zero-order valence-electron chi connectivity index (χ0n) is 10.9. The van der Waals surface area contributed by atoms with Crippen molar-refractivity contribution in [3.05, 3.63) is 0 Å². The van der Waals surface area contributed by atoms with Crippen molar-refractivity contribution in [2.45, 2.75) is 58.0 Å². The predicted octanol–water partition coefficient (Wildman–Crippen LogP) is 2.49. The maximum atomic E-state index is 3.47. The molecule has 0 saturated heterocycles. The molecule has 0 aromatic heterocycles. The lowest BCUT2D eigenvalue weighted by atomic mass is 9.85. The fourth-order valence-corrected chi connectivity index (χ4v) is 2.05. The summed E-state index contributed by atoms with van der Waals surface area (Å²) in [5.74, 6) is 0. The Morgan fingerprint density at radius 2 is 1.86 bits per heavy atom. The van der Waals surface area contributed by atoms with Gasteiger partial charge in [0.1, 0.15) is 0 Å². The van der Waals surface area contributed by atoms with Gasteiger partial charge in [-0.05, 0) is 40.9 Å². The van der Waals surface area contributed by atoms with Crippen LogP contribution in [0.2, 0.25) is 0 Å². The fourth-order valence-electron chi connectivity index (χ4n) is 2.05. The summed E-state index contributed by atoms with van der Waals surface area (Å²) in [5, 5.41) is 3.47. The van der Waals surface area contributed by atoms with E-state index in [4.69, 9.17) is 0 Å². The lowest BCUT2D eigenvalue weighted by Gasteiger charge is -2.42. The number of nitrogens with one attached hydrogen (secondary N) is 1. The molecule has 0 rings (SSSR count). The Morgan fingerprint density at radius 1 is 1.29 bits per heavy atom. The van der Waals surface area contributed by atoms with Crippen LogP contribution in [0.5, 0.6) is 0 Å². The summed E-state index contributed by atoms with van der Waals surface area (Å²) in [4.78, 5) is 2.35. The fraction of sp³-hybridized carbons (Fsp3) is 1.00. The first-order valence-corrected chi connectivity index (χ1v) is 5.87. The second-order valence-corrected chi connectivity index (χ2v) is 4.59. The van der Waals surface area contributed by atoms with Gasteiger partial charge in [-0.3, -0.25) is 0 Å². The first-order valence-electron chi connectivity index (χ1n) is 5.87. The average Bonchev–Trinajstić information content (AvgIpc) is 2.18. The SMILES string of the molecule is CCCCC(NC)C(C)(CC)N(C)C. The molecule has 2 nitrogen and oxygen atoms in total. The molecule has 0 heterocycles. The Bertz CT molecular complexity index is 145. The van der Waals surface area contributed by atoms with Gasteiger partial charge in [-0.25, -0.2) is 0 Å². The minimum atomic E-state index is 0.282. The first kappa shape index (κ1) is 13.9. The largest absolute Gasteiger partial charge is 0.315 e. The van der Waals surface area contributed by atoms with Gasteiger partial charge in [0, 0.05) is 11.6 Å². The maximum Gasteiger partial charge on any atom is 0.0325 e. The van der Waals surface area contributed by atoms with Crippen LogP contribution in [-0.2, 0) is 0 Å². The monoisotopic (exact) mass is 200 g/mol. The van der Waals surface area contributed by atoms with Gasteiger partial charge in [-0.1, -0.05) is 26.7 Å². The zero-order valence-corrected chi connectivity index (χ0v) is 10.9. The Balaban J connectivity index is 4.43. The summed E-state index contributed by atoms with van der Waals surface area (Å²) in [6.07, 6.45) is 5.06. The van der Waals surface area contributed by atoms with E-state index in [1.807, 2.05) is 0 Å². The molecule has 1 N–H and O–H groups in total. The predicted molar refractivity (Wildman–Crippen MR) is 64.8 cm³/mol. The molecule has 86 valence electrons. The maximum absolute atomic E-state index is 3.47. The highest BCUT2D eigenvalue weighted by Crippen LogP contribution is 2.24. The third-order valence-corrected chi connectivity index (χ3v) is 3.68. The Labute approximate surface area is 90.1 Å². The molecule has 14 heavy (non-hydrogen) atoms. The van der Waals surface area contributed by atoms with Gasteiger partial charge in [-0.2, -0.15) is 0 Å². The number of rotatable bonds is 7. The molecular weight excluding hydrogens is 172 g/mol. The summed E-state index contributed by atoms with van der Waals surface area (Å²) >= 11 is 0. The molecule has 0 aliphatic carbocycles. The molecular formula is C12H28N2. The summed E-state index contributed by atoms with van der Waals surface area (Å²) in [6, 6.07) is 0.599. The molecule has 0 aromatic rings. The lowest BCUT2D eigenvalue weighted by Crippen LogP contribution is -2.55. The molecule has 0 radical (unpaired) electrons. The van der Waals surface area contributed by atoms with Crippen molar-refractivity contribution in [1.29, 1.82) is 0 Å². The quantitative estimate of drug-likeness (QED) is 0.679. The van der Waals surface area contributed by atoms with Crippen molar-refractivity contribution in [3.63, 3.8) is 0 Å². The van der Waals surface area contributed by atoms with Gasteiger partial charge < -0.3 is 10.2 Å². The van der Waals surface area contributed by atoms with E-state index in [1.54, 1.807) is 0 Å². The minimum Gasteiger partial charge on any atom is -0.315 e. The van der Waals surface area contributed by atoms with E-state index >= 15 is 0 Å². The van der Waals surface area contributed by atoms with Crippen molar-refractivity contribution in [2.75, 3.05) is 21.1 Å². The van der Waals surface area contributed by atoms with Gasteiger partial charge in [0.15, 0.2) is 0 Å². The van der Waals surface area contributed by atoms with Gasteiger partial charge in [0.25, 0.3) is 0 Å². The number of likely N-dealkylation sites (N-methyl/N-ethyl adjacent to an activating group) is 2. The molecule has 0 fully saturated rings. The van der Waals surface area contributed by atoms with Gasteiger partial charge in [0.05, 0.1) is 0 Å². The van der Waals surface area contributed by atoms with Gasteiger partial charge in [0.2, 0.25) is 0 Å². The minimum absolute atomic E-state index is 0.282. The van der Waals surface area contributed by atoms with E-state index in [1.165, 1.54) is 25.7 Å². The molecule has 2 heteroatoms. The molecule has 0 aliphatic rings.